The molecular weight excluding hydrogens is 340 g/mol. The maximum Gasteiger partial charge on any atom is 0.341 e. The van der Waals surface area contributed by atoms with Crippen molar-refractivity contribution in [2.24, 2.45) is 17.8 Å². The maximum absolute atomic E-state index is 10.8. The topological polar surface area (TPSA) is 66.8 Å². The van der Waals surface area contributed by atoms with Gasteiger partial charge < -0.3 is 14.9 Å². The number of benzene rings is 1. The van der Waals surface area contributed by atoms with Crippen LogP contribution in [-0.2, 0) is 17.6 Å². The highest BCUT2D eigenvalue weighted by atomic mass is 16.5. The zero-order valence-corrected chi connectivity index (χ0v) is 16.5. The number of carbonyl (C=O) groups is 1. The third kappa shape index (κ3) is 5.04. The Morgan fingerprint density at radius 2 is 1.93 bits per heavy atom. The van der Waals surface area contributed by atoms with Crippen LogP contribution in [0, 0.1) is 17.8 Å². The van der Waals surface area contributed by atoms with Crippen molar-refractivity contribution in [3.8, 4) is 5.75 Å². The van der Waals surface area contributed by atoms with E-state index in [2.05, 4.69) is 13.0 Å². The number of ether oxygens (including phenoxy) is 1. The van der Waals surface area contributed by atoms with Gasteiger partial charge in [-0.1, -0.05) is 57.6 Å². The van der Waals surface area contributed by atoms with Gasteiger partial charge in [-0.25, -0.2) is 4.79 Å². The second-order valence-electron chi connectivity index (χ2n) is 8.43. The van der Waals surface area contributed by atoms with E-state index >= 15 is 0 Å². The van der Waals surface area contributed by atoms with Crippen LogP contribution in [0.1, 0.15) is 69.4 Å². The Kier molecular flexibility index (Phi) is 7.17. The number of aliphatic carboxylic acids is 1. The fourth-order valence-electron chi connectivity index (χ4n) is 5.24. The molecule has 0 bridgehead atoms. The van der Waals surface area contributed by atoms with Crippen molar-refractivity contribution in [2.75, 3.05) is 6.61 Å². The predicted octanol–water partition coefficient (Wildman–Crippen LogP) is 4.61. The molecule has 27 heavy (non-hydrogen) atoms. The van der Waals surface area contributed by atoms with Gasteiger partial charge in [0.05, 0.1) is 6.10 Å². The minimum Gasteiger partial charge on any atom is -0.482 e. The first-order valence-corrected chi connectivity index (χ1v) is 10.7. The molecule has 1 aromatic carbocycles. The van der Waals surface area contributed by atoms with Gasteiger partial charge in [-0.3, -0.25) is 0 Å². The zero-order chi connectivity index (χ0) is 19.2. The Bertz CT molecular complexity index is 627. The molecule has 4 heteroatoms. The number of unbranched alkanes of at least 4 members (excludes halogenated alkanes) is 5. The van der Waals surface area contributed by atoms with Crippen LogP contribution >= 0.6 is 0 Å². The van der Waals surface area contributed by atoms with Gasteiger partial charge >= 0.3 is 5.97 Å². The van der Waals surface area contributed by atoms with E-state index < -0.39 is 5.97 Å². The van der Waals surface area contributed by atoms with Crippen LogP contribution in [0.5, 0.6) is 5.75 Å². The van der Waals surface area contributed by atoms with E-state index in [0.29, 0.717) is 23.5 Å². The average Bonchev–Trinajstić information content (AvgIpc) is 2.95. The lowest BCUT2D eigenvalue weighted by Crippen LogP contribution is -2.27. The minimum absolute atomic E-state index is 0.187. The average molecular weight is 375 g/mol. The molecular formula is C23H34O4. The number of fused-ring (bicyclic) bond motifs is 2. The Morgan fingerprint density at radius 1 is 1.15 bits per heavy atom. The normalized spacial score (nSPS) is 26.4. The van der Waals surface area contributed by atoms with Crippen LogP contribution in [0.2, 0.25) is 0 Å². The predicted molar refractivity (Wildman–Crippen MR) is 106 cm³/mol. The summed E-state index contributed by atoms with van der Waals surface area (Å²) >= 11 is 0. The monoisotopic (exact) mass is 374 g/mol. The summed E-state index contributed by atoms with van der Waals surface area (Å²) in [5, 5.41) is 19.6. The molecule has 150 valence electrons. The van der Waals surface area contributed by atoms with Gasteiger partial charge in [0.1, 0.15) is 5.75 Å². The Hall–Kier alpha value is -1.55. The molecule has 1 fully saturated rings. The van der Waals surface area contributed by atoms with Gasteiger partial charge in [0.15, 0.2) is 6.61 Å². The van der Waals surface area contributed by atoms with Crippen LogP contribution in [-0.4, -0.2) is 28.9 Å². The molecule has 1 aromatic rings. The molecule has 0 amide bonds. The van der Waals surface area contributed by atoms with Crippen LogP contribution in [0.4, 0.5) is 0 Å². The summed E-state index contributed by atoms with van der Waals surface area (Å²) in [5.41, 5.74) is 2.44. The first-order chi connectivity index (χ1) is 13.1. The van der Waals surface area contributed by atoms with Gasteiger partial charge in [0.2, 0.25) is 0 Å². The van der Waals surface area contributed by atoms with Gasteiger partial charge in [-0.15, -0.1) is 0 Å². The summed E-state index contributed by atoms with van der Waals surface area (Å²) in [6, 6.07) is 5.98. The van der Waals surface area contributed by atoms with E-state index in [0.717, 1.165) is 31.2 Å². The third-order valence-electron chi connectivity index (χ3n) is 6.59. The molecule has 1 saturated carbocycles. The number of aliphatic hydroxyl groups excluding tert-OH is 1. The van der Waals surface area contributed by atoms with Crippen molar-refractivity contribution >= 4 is 5.97 Å². The number of hydrogen-bond donors (Lipinski definition) is 2. The van der Waals surface area contributed by atoms with Crippen molar-refractivity contribution in [1.82, 2.24) is 0 Å². The van der Waals surface area contributed by atoms with E-state index in [1.165, 1.54) is 44.1 Å². The Balaban J connectivity index is 1.60. The van der Waals surface area contributed by atoms with Gasteiger partial charge in [-0.05, 0) is 60.6 Å². The van der Waals surface area contributed by atoms with Crippen molar-refractivity contribution in [3.05, 3.63) is 29.3 Å². The van der Waals surface area contributed by atoms with Crippen molar-refractivity contribution < 1.29 is 19.7 Å². The van der Waals surface area contributed by atoms with Crippen LogP contribution in [0.3, 0.4) is 0 Å². The summed E-state index contributed by atoms with van der Waals surface area (Å²) in [6.45, 7) is 1.95. The van der Waals surface area contributed by atoms with Crippen LogP contribution in [0.25, 0.3) is 0 Å². The smallest absolute Gasteiger partial charge is 0.341 e. The summed E-state index contributed by atoms with van der Waals surface area (Å²) in [5.74, 6) is 1.22. The molecule has 2 aliphatic rings. The summed E-state index contributed by atoms with van der Waals surface area (Å²) < 4.78 is 5.52. The van der Waals surface area contributed by atoms with Gasteiger partial charge in [0, 0.05) is 0 Å². The first-order valence-electron chi connectivity index (χ1n) is 10.7. The zero-order valence-electron chi connectivity index (χ0n) is 16.5. The van der Waals surface area contributed by atoms with E-state index in [4.69, 9.17) is 9.84 Å². The molecule has 0 heterocycles. The van der Waals surface area contributed by atoms with E-state index in [9.17, 15) is 9.90 Å². The number of carboxylic acid groups (broad SMARTS) is 1. The highest BCUT2D eigenvalue weighted by molar-refractivity contribution is 5.68. The number of hydrogen-bond acceptors (Lipinski definition) is 3. The van der Waals surface area contributed by atoms with Crippen molar-refractivity contribution in [1.29, 1.82) is 0 Å². The van der Waals surface area contributed by atoms with Crippen molar-refractivity contribution in [2.45, 2.75) is 77.2 Å². The van der Waals surface area contributed by atoms with E-state index in [1.807, 2.05) is 12.1 Å². The number of aliphatic hydroxyl groups is 1. The second-order valence-corrected chi connectivity index (χ2v) is 8.43. The lowest BCUT2D eigenvalue weighted by Gasteiger charge is -2.32. The Morgan fingerprint density at radius 3 is 2.70 bits per heavy atom. The molecule has 0 aromatic heterocycles. The molecule has 2 N–H and O–H groups in total. The maximum atomic E-state index is 10.8. The quantitative estimate of drug-likeness (QED) is 0.587. The molecule has 3 rings (SSSR count). The molecule has 0 spiro atoms. The lowest BCUT2D eigenvalue weighted by molar-refractivity contribution is -0.139. The van der Waals surface area contributed by atoms with Crippen molar-refractivity contribution in [3.63, 3.8) is 0 Å². The van der Waals surface area contributed by atoms with Gasteiger partial charge in [0.25, 0.3) is 0 Å². The second kappa shape index (κ2) is 9.59. The number of rotatable bonds is 10. The standard InChI is InChI=1S/C23H34O4/c1-2-3-4-5-6-7-10-18-19-12-16-9-8-11-22(27-15-23(25)26)20(16)13-17(19)14-21(18)24/h8-9,11,17-19,21,24H,2-7,10,12-15H2,1H3,(H,25,26)/t17-,18+,19-,21?/m1/s1. The molecule has 0 aliphatic heterocycles. The Labute approximate surface area is 162 Å². The number of carboxylic acids is 1. The fourth-order valence-corrected chi connectivity index (χ4v) is 5.24. The minimum atomic E-state index is -0.948. The molecule has 1 unspecified atom stereocenters. The molecule has 0 radical (unpaired) electrons. The van der Waals surface area contributed by atoms with Crippen LogP contribution in [0.15, 0.2) is 18.2 Å². The molecule has 4 atom stereocenters. The largest absolute Gasteiger partial charge is 0.482 e. The molecule has 0 saturated heterocycles. The SMILES string of the molecule is CCCCCCCC[C@@H]1C(O)C[C@H]2Cc3c(cccc3OCC(=O)O)C[C@H]21. The van der Waals surface area contributed by atoms with E-state index in [1.54, 1.807) is 0 Å². The van der Waals surface area contributed by atoms with Crippen LogP contribution < -0.4 is 4.74 Å². The molecule has 2 aliphatic carbocycles. The molecule has 4 nitrogen and oxygen atoms in total. The summed E-state index contributed by atoms with van der Waals surface area (Å²) in [6.07, 6.45) is 11.5. The lowest BCUT2D eigenvalue weighted by atomic mass is 9.73. The van der Waals surface area contributed by atoms with Gasteiger partial charge in [-0.2, -0.15) is 0 Å². The highest BCUT2D eigenvalue weighted by Crippen LogP contribution is 2.48. The highest BCUT2D eigenvalue weighted by Gasteiger charge is 2.44. The van der Waals surface area contributed by atoms with E-state index in [-0.39, 0.29) is 12.7 Å². The summed E-state index contributed by atoms with van der Waals surface area (Å²) in [7, 11) is 0. The first kappa shape index (κ1) is 20.2. The summed E-state index contributed by atoms with van der Waals surface area (Å²) in [4.78, 5) is 10.8. The third-order valence-corrected chi connectivity index (χ3v) is 6.59. The fraction of sp³-hybridized carbons (Fsp3) is 0.696.